The fraction of sp³-hybridized carbons (Fsp3) is 0.400. The Morgan fingerprint density at radius 2 is 2.23 bits per heavy atom. The van der Waals surface area contributed by atoms with Crippen LogP contribution in [0, 0.1) is 5.92 Å². The van der Waals surface area contributed by atoms with Crippen molar-refractivity contribution in [1.82, 2.24) is 20.3 Å². The van der Waals surface area contributed by atoms with Crippen LogP contribution >= 0.6 is 11.6 Å². The van der Waals surface area contributed by atoms with Crippen LogP contribution < -0.4 is 5.32 Å². The molecule has 2 N–H and O–H groups in total. The molecule has 7 heteroatoms. The van der Waals surface area contributed by atoms with Gasteiger partial charge in [0.25, 0.3) is 5.91 Å². The third-order valence-corrected chi connectivity index (χ3v) is 3.85. The molecule has 0 aliphatic carbocycles. The van der Waals surface area contributed by atoms with Crippen LogP contribution in [0.2, 0.25) is 5.02 Å². The Labute approximate surface area is 134 Å². The Kier molecular flexibility index (Phi) is 4.83. The van der Waals surface area contributed by atoms with Crippen LogP contribution in [-0.2, 0) is 0 Å². The first-order chi connectivity index (χ1) is 10.3. The van der Waals surface area contributed by atoms with E-state index in [4.69, 9.17) is 11.6 Å². The van der Waals surface area contributed by atoms with Gasteiger partial charge < -0.3 is 10.4 Å². The van der Waals surface area contributed by atoms with Gasteiger partial charge in [0.2, 0.25) is 0 Å². The lowest BCUT2D eigenvalue weighted by molar-refractivity contribution is 0.0142. The van der Waals surface area contributed by atoms with Gasteiger partial charge >= 0.3 is 0 Å². The van der Waals surface area contributed by atoms with Crippen molar-refractivity contribution in [2.45, 2.75) is 26.4 Å². The Hall–Kier alpha value is -1.92. The van der Waals surface area contributed by atoms with Crippen LogP contribution in [0.4, 0.5) is 0 Å². The molecule has 2 aromatic rings. The van der Waals surface area contributed by atoms with Crippen LogP contribution in [0.5, 0.6) is 0 Å². The maximum atomic E-state index is 12.1. The zero-order chi connectivity index (χ0) is 16.3. The standard InChI is InChI=1S/C15H19ClN4O2/c1-10(2)15(3,22)9-17-14(21)13-8-18-20(19-13)12-6-4-5-11(16)7-12/h4-8,10,22H,9H2,1-3H3,(H,17,21). The van der Waals surface area contributed by atoms with Gasteiger partial charge in [-0.15, -0.1) is 5.10 Å². The largest absolute Gasteiger partial charge is 0.388 e. The van der Waals surface area contributed by atoms with Gasteiger partial charge in [0.05, 0.1) is 17.5 Å². The third kappa shape index (κ3) is 3.84. The second-order valence-electron chi connectivity index (χ2n) is 5.69. The van der Waals surface area contributed by atoms with Crippen LogP contribution in [-0.4, -0.2) is 38.2 Å². The molecular formula is C15H19ClN4O2. The number of carbonyl (C=O) groups is 1. The fourth-order valence-electron chi connectivity index (χ4n) is 1.65. The lowest BCUT2D eigenvalue weighted by Crippen LogP contribution is -2.44. The lowest BCUT2D eigenvalue weighted by atomic mass is 9.92. The molecule has 1 atom stereocenters. The smallest absolute Gasteiger partial charge is 0.273 e. The summed E-state index contributed by atoms with van der Waals surface area (Å²) >= 11 is 5.92. The molecule has 22 heavy (non-hydrogen) atoms. The predicted molar refractivity (Wildman–Crippen MR) is 84.2 cm³/mol. The van der Waals surface area contributed by atoms with E-state index < -0.39 is 5.60 Å². The van der Waals surface area contributed by atoms with E-state index in [9.17, 15) is 9.90 Å². The number of amides is 1. The summed E-state index contributed by atoms with van der Waals surface area (Å²) in [6.07, 6.45) is 1.38. The summed E-state index contributed by atoms with van der Waals surface area (Å²) in [5, 5.41) is 21.5. The average molecular weight is 323 g/mol. The molecule has 1 amide bonds. The van der Waals surface area contributed by atoms with Crippen LogP contribution in [0.25, 0.3) is 5.69 Å². The van der Waals surface area contributed by atoms with Gasteiger partial charge in [-0.3, -0.25) is 4.79 Å². The number of aromatic nitrogens is 3. The van der Waals surface area contributed by atoms with E-state index in [1.165, 1.54) is 11.0 Å². The molecular weight excluding hydrogens is 304 g/mol. The molecule has 0 saturated heterocycles. The normalized spacial score (nSPS) is 13.9. The van der Waals surface area contributed by atoms with Crippen molar-refractivity contribution in [3.63, 3.8) is 0 Å². The first kappa shape index (κ1) is 16.5. The number of benzene rings is 1. The number of carbonyl (C=O) groups excluding carboxylic acids is 1. The molecule has 0 fully saturated rings. The SMILES string of the molecule is CC(C)C(C)(O)CNC(=O)c1cnn(-c2cccc(Cl)c2)n1. The molecule has 0 saturated carbocycles. The number of nitrogens with zero attached hydrogens (tertiary/aromatic N) is 3. The van der Waals surface area contributed by atoms with E-state index in [0.717, 1.165) is 0 Å². The lowest BCUT2D eigenvalue weighted by Gasteiger charge is -2.27. The Balaban J connectivity index is 2.07. The predicted octanol–water partition coefficient (Wildman–Crippen LogP) is 2.06. The monoisotopic (exact) mass is 322 g/mol. The maximum Gasteiger partial charge on any atom is 0.273 e. The molecule has 2 rings (SSSR count). The molecule has 1 aromatic carbocycles. The number of rotatable bonds is 5. The fourth-order valence-corrected chi connectivity index (χ4v) is 1.83. The Morgan fingerprint density at radius 3 is 2.86 bits per heavy atom. The molecule has 118 valence electrons. The zero-order valence-corrected chi connectivity index (χ0v) is 13.5. The number of aliphatic hydroxyl groups is 1. The quantitative estimate of drug-likeness (QED) is 0.883. The number of hydrogen-bond donors (Lipinski definition) is 2. The van der Waals surface area contributed by atoms with Crippen molar-refractivity contribution in [1.29, 1.82) is 0 Å². The second-order valence-corrected chi connectivity index (χ2v) is 6.13. The van der Waals surface area contributed by atoms with Crippen molar-refractivity contribution in [2.75, 3.05) is 6.54 Å². The highest BCUT2D eigenvalue weighted by molar-refractivity contribution is 6.30. The summed E-state index contributed by atoms with van der Waals surface area (Å²) in [6.45, 7) is 5.61. The van der Waals surface area contributed by atoms with Gasteiger partial charge in [-0.1, -0.05) is 31.5 Å². The number of nitrogens with one attached hydrogen (secondary N) is 1. The van der Waals surface area contributed by atoms with Gasteiger partial charge in [0.1, 0.15) is 0 Å². The molecule has 0 spiro atoms. The maximum absolute atomic E-state index is 12.1. The van der Waals surface area contributed by atoms with Crippen molar-refractivity contribution < 1.29 is 9.90 Å². The van der Waals surface area contributed by atoms with E-state index in [0.29, 0.717) is 10.7 Å². The number of hydrogen-bond acceptors (Lipinski definition) is 4. The Morgan fingerprint density at radius 1 is 1.50 bits per heavy atom. The minimum Gasteiger partial charge on any atom is -0.388 e. The summed E-state index contributed by atoms with van der Waals surface area (Å²) in [7, 11) is 0. The van der Waals surface area contributed by atoms with E-state index in [1.54, 1.807) is 31.2 Å². The molecule has 0 aliphatic rings. The van der Waals surface area contributed by atoms with Gasteiger partial charge in [-0.05, 0) is 31.0 Å². The van der Waals surface area contributed by atoms with E-state index >= 15 is 0 Å². The molecule has 0 radical (unpaired) electrons. The average Bonchev–Trinajstić information content (AvgIpc) is 2.94. The highest BCUT2D eigenvalue weighted by Crippen LogP contribution is 2.15. The van der Waals surface area contributed by atoms with Gasteiger partial charge in [0, 0.05) is 11.6 Å². The first-order valence-electron chi connectivity index (χ1n) is 6.98. The van der Waals surface area contributed by atoms with Crippen LogP contribution in [0.3, 0.4) is 0 Å². The summed E-state index contributed by atoms with van der Waals surface area (Å²) in [5.41, 5.74) is -0.126. The van der Waals surface area contributed by atoms with Crippen LogP contribution in [0.1, 0.15) is 31.3 Å². The molecule has 1 aromatic heterocycles. The van der Waals surface area contributed by atoms with E-state index in [2.05, 4.69) is 15.5 Å². The third-order valence-electron chi connectivity index (χ3n) is 3.61. The highest BCUT2D eigenvalue weighted by atomic mass is 35.5. The topological polar surface area (TPSA) is 80.0 Å². The first-order valence-corrected chi connectivity index (χ1v) is 7.36. The van der Waals surface area contributed by atoms with Gasteiger partial charge in [-0.25, -0.2) is 0 Å². The number of halogens is 1. The minimum atomic E-state index is -0.974. The molecule has 0 bridgehead atoms. The second kappa shape index (κ2) is 6.46. The molecule has 1 unspecified atom stereocenters. The van der Waals surface area contributed by atoms with Gasteiger partial charge in [-0.2, -0.15) is 9.90 Å². The summed E-state index contributed by atoms with van der Waals surface area (Å²) in [4.78, 5) is 13.4. The summed E-state index contributed by atoms with van der Waals surface area (Å²) in [5.74, 6) is -0.357. The molecule has 6 nitrogen and oxygen atoms in total. The Bertz CT molecular complexity index is 667. The summed E-state index contributed by atoms with van der Waals surface area (Å²) in [6, 6.07) is 7.01. The van der Waals surface area contributed by atoms with E-state index in [1.807, 2.05) is 13.8 Å². The van der Waals surface area contributed by atoms with Crippen LogP contribution in [0.15, 0.2) is 30.5 Å². The van der Waals surface area contributed by atoms with Crippen molar-refractivity contribution in [2.24, 2.45) is 5.92 Å². The zero-order valence-electron chi connectivity index (χ0n) is 12.7. The van der Waals surface area contributed by atoms with Crippen molar-refractivity contribution >= 4 is 17.5 Å². The van der Waals surface area contributed by atoms with Gasteiger partial charge in [0.15, 0.2) is 5.69 Å². The van der Waals surface area contributed by atoms with Crippen molar-refractivity contribution in [3.8, 4) is 5.69 Å². The molecule has 1 heterocycles. The van der Waals surface area contributed by atoms with E-state index in [-0.39, 0.29) is 24.1 Å². The highest BCUT2D eigenvalue weighted by Gasteiger charge is 2.26. The minimum absolute atomic E-state index is 0.0231. The molecule has 0 aliphatic heterocycles. The summed E-state index contributed by atoms with van der Waals surface area (Å²) < 4.78 is 0. The van der Waals surface area contributed by atoms with Crippen molar-refractivity contribution in [3.05, 3.63) is 41.2 Å².